The molecule has 2 unspecified atom stereocenters. The first-order valence-electron chi connectivity index (χ1n) is 5.04. The van der Waals surface area contributed by atoms with Crippen LogP contribution in [-0.4, -0.2) is 5.54 Å². The molecular formula is C11H20N2. The summed E-state index contributed by atoms with van der Waals surface area (Å²) in [5.74, 6) is 0.268. The predicted octanol–water partition coefficient (Wildman–Crippen LogP) is 1.92. The third-order valence-electron chi connectivity index (χ3n) is 2.96. The highest BCUT2D eigenvalue weighted by atomic mass is 14.8. The molecule has 74 valence electrons. The molecule has 0 saturated heterocycles. The summed E-state index contributed by atoms with van der Waals surface area (Å²) in [6, 6.07) is 0. The Morgan fingerprint density at radius 2 is 2.23 bits per heavy atom. The Morgan fingerprint density at radius 3 is 2.85 bits per heavy atom. The Hall–Kier alpha value is -0.760. The van der Waals surface area contributed by atoms with Crippen molar-refractivity contribution in [2.45, 2.75) is 38.6 Å². The highest BCUT2D eigenvalue weighted by Crippen LogP contribution is 2.29. The van der Waals surface area contributed by atoms with Gasteiger partial charge >= 0.3 is 0 Å². The molecule has 0 aromatic carbocycles. The summed E-state index contributed by atoms with van der Waals surface area (Å²) in [5, 5.41) is 0. The number of hydrogen-bond acceptors (Lipinski definition) is 2. The average molecular weight is 180 g/mol. The fraction of sp³-hybridized carbons (Fsp3) is 0.636. The molecule has 0 bridgehead atoms. The Labute approximate surface area is 80.7 Å². The molecule has 2 atom stereocenters. The van der Waals surface area contributed by atoms with E-state index in [4.69, 9.17) is 11.5 Å². The molecular weight excluding hydrogens is 160 g/mol. The van der Waals surface area contributed by atoms with Gasteiger partial charge in [-0.25, -0.2) is 0 Å². The van der Waals surface area contributed by atoms with Gasteiger partial charge in [0.05, 0.1) is 0 Å². The summed E-state index contributed by atoms with van der Waals surface area (Å²) in [6.07, 6.45) is 9.38. The van der Waals surface area contributed by atoms with Crippen molar-refractivity contribution in [2.75, 3.05) is 0 Å². The molecule has 0 spiro atoms. The van der Waals surface area contributed by atoms with Crippen LogP contribution in [0.4, 0.5) is 0 Å². The molecule has 0 amide bonds. The van der Waals surface area contributed by atoms with Crippen LogP contribution in [0.15, 0.2) is 23.9 Å². The van der Waals surface area contributed by atoms with Gasteiger partial charge in [0.1, 0.15) is 0 Å². The zero-order valence-corrected chi connectivity index (χ0v) is 8.59. The highest BCUT2D eigenvalue weighted by molar-refractivity contribution is 5.27. The lowest BCUT2D eigenvalue weighted by Gasteiger charge is -2.35. The first-order chi connectivity index (χ1) is 6.10. The maximum Gasteiger partial charge on any atom is 0.0423 e. The quantitative estimate of drug-likeness (QED) is 0.697. The van der Waals surface area contributed by atoms with Gasteiger partial charge in [-0.05, 0) is 12.5 Å². The van der Waals surface area contributed by atoms with Crippen LogP contribution in [0.1, 0.15) is 33.1 Å². The normalized spacial score (nSPS) is 33.2. The number of rotatable bonds is 3. The second kappa shape index (κ2) is 3.97. The summed E-state index contributed by atoms with van der Waals surface area (Å²) >= 11 is 0. The van der Waals surface area contributed by atoms with Crippen molar-refractivity contribution in [2.24, 2.45) is 17.4 Å². The van der Waals surface area contributed by atoms with Crippen molar-refractivity contribution >= 4 is 0 Å². The molecule has 0 saturated carbocycles. The predicted molar refractivity (Wildman–Crippen MR) is 57.0 cm³/mol. The van der Waals surface area contributed by atoms with Crippen molar-refractivity contribution in [1.82, 2.24) is 0 Å². The summed E-state index contributed by atoms with van der Waals surface area (Å²) in [6.45, 7) is 4.28. The lowest BCUT2D eigenvalue weighted by Crippen LogP contribution is -2.47. The van der Waals surface area contributed by atoms with E-state index < -0.39 is 0 Å². The van der Waals surface area contributed by atoms with Gasteiger partial charge in [0.15, 0.2) is 0 Å². The lowest BCUT2D eigenvalue weighted by molar-refractivity contribution is 0.359. The van der Waals surface area contributed by atoms with Gasteiger partial charge in [-0.15, -0.1) is 0 Å². The Bertz CT molecular complexity index is 230. The second-order valence-electron chi connectivity index (χ2n) is 3.96. The summed E-state index contributed by atoms with van der Waals surface area (Å²) in [4.78, 5) is 0. The Balaban J connectivity index is 2.68. The van der Waals surface area contributed by atoms with E-state index in [0.717, 1.165) is 12.1 Å². The molecule has 0 fully saturated rings. The molecule has 1 aliphatic rings. The van der Waals surface area contributed by atoms with Crippen LogP contribution in [0, 0.1) is 5.92 Å². The molecule has 0 aliphatic heterocycles. The number of unbranched alkanes of at least 4 members (excludes halogenated alkanes) is 1. The van der Waals surface area contributed by atoms with E-state index in [0.29, 0.717) is 0 Å². The van der Waals surface area contributed by atoms with E-state index in [1.165, 1.54) is 12.8 Å². The van der Waals surface area contributed by atoms with Crippen molar-refractivity contribution in [3.8, 4) is 0 Å². The van der Waals surface area contributed by atoms with E-state index in [9.17, 15) is 0 Å². The minimum Gasteiger partial charge on any atom is -0.402 e. The van der Waals surface area contributed by atoms with Crippen molar-refractivity contribution in [3.05, 3.63) is 23.9 Å². The minimum absolute atomic E-state index is 0.213. The monoisotopic (exact) mass is 180 g/mol. The van der Waals surface area contributed by atoms with E-state index in [2.05, 4.69) is 19.9 Å². The molecule has 13 heavy (non-hydrogen) atoms. The van der Waals surface area contributed by atoms with Gasteiger partial charge < -0.3 is 11.5 Å². The number of allylic oxidation sites excluding steroid dienone is 2. The molecule has 4 N–H and O–H groups in total. The first kappa shape index (κ1) is 10.3. The number of nitrogens with two attached hydrogens (primary N) is 2. The van der Waals surface area contributed by atoms with Gasteiger partial charge in [0.25, 0.3) is 0 Å². The van der Waals surface area contributed by atoms with Crippen molar-refractivity contribution in [1.29, 1.82) is 0 Å². The Morgan fingerprint density at radius 1 is 1.54 bits per heavy atom. The van der Waals surface area contributed by atoms with Crippen LogP contribution in [0.2, 0.25) is 0 Å². The van der Waals surface area contributed by atoms with Gasteiger partial charge in [-0.2, -0.15) is 0 Å². The van der Waals surface area contributed by atoms with Crippen LogP contribution in [0.3, 0.4) is 0 Å². The largest absolute Gasteiger partial charge is 0.402 e. The average Bonchev–Trinajstić information content (AvgIpc) is 2.11. The lowest BCUT2D eigenvalue weighted by atomic mass is 9.77. The summed E-state index contributed by atoms with van der Waals surface area (Å²) in [5.41, 5.74) is 12.8. The topological polar surface area (TPSA) is 52.0 Å². The van der Waals surface area contributed by atoms with Crippen LogP contribution in [-0.2, 0) is 0 Å². The van der Waals surface area contributed by atoms with E-state index in [-0.39, 0.29) is 11.5 Å². The SMILES string of the molecule is CCCCC1(N)C=CC=C(N)C1C. The summed E-state index contributed by atoms with van der Waals surface area (Å²) < 4.78 is 0. The second-order valence-corrected chi connectivity index (χ2v) is 3.96. The first-order valence-corrected chi connectivity index (χ1v) is 5.04. The van der Waals surface area contributed by atoms with Crippen LogP contribution in [0.25, 0.3) is 0 Å². The maximum absolute atomic E-state index is 6.27. The van der Waals surface area contributed by atoms with Gasteiger partial charge in [-0.3, -0.25) is 0 Å². The fourth-order valence-corrected chi connectivity index (χ4v) is 1.72. The van der Waals surface area contributed by atoms with Gasteiger partial charge in [0, 0.05) is 17.2 Å². The molecule has 1 aliphatic carbocycles. The highest BCUT2D eigenvalue weighted by Gasteiger charge is 2.31. The summed E-state index contributed by atoms with van der Waals surface area (Å²) in [7, 11) is 0. The fourth-order valence-electron chi connectivity index (χ4n) is 1.72. The molecule has 0 aromatic rings. The third kappa shape index (κ3) is 2.13. The number of hydrogen-bond donors (Lipinski definition) is 2. The van der Waals surface area contributed by atoms with E-state index >= 15 is 0 Å². The van der Waals surface area contributed by atoms with Crippen LogP contribution < -0.4 is 11.5 Å². The van der Waals surface area contributed by atoms with Gasteiger partial charge in [0.2, 0.25) is 0 Å². The van der Waals surface area contributed by atoms with Crippen molar-refractivity contribution < 1.29 is 0 Å². The smallest absolute Gasteiger partial charge is 0.0423 e. The van der Waals surface area contributed by atoms with Crippen LogP contribution in [0.5, 0.6) is 0 Å². The molecule has 0 aromatic heterocycles. The maximum atomic E-state index is 6.27. The molecule has 2 heteroatoms. The Kier molecular flexibility index (Phi) is 3.15. The van der Waals surface area contributed by atoms with Crippen molar-refractivity contribution in [3.63, 3.8) is 0 Å². The molecule has 1 rings (SSSR count). The third-order valence-corrected chi connectivity index (χ3v) is 2.96. The standard InChI is InChI=1S/C11H20N2/c1-3-4-7-11(13)8-5-6-10(12)9(11)2/h5-6,8-9H,3-4,7,12-13H2,1-2H3. The van der Waals surface area contributed by atoms with Gasteiger partial charge in [-0.1, -0.05) is 38.8 Å². The zero-order valence-electron chi connectivity index (χ0n) is 8.59. The van der Waals surface area contributed by atoms with E-state index in [1.54, 1.807) is 0 Å². The molecule has 2 nitrogen and oxygen atoms in total. The zero-order chi connectivity index (χ0) is 9.90. The van der Waals surface area contributed by atoms with Crippen LogP contribution >= 0.6 is 0 Å². The molecule has 0 radical (unpaired) electrons. The molecule has 0 heterocycles. The van der Waals surface area contributed by atoms with E-state index in [1.807, 2.05) is 12.2 Å². The minimum atomic E-state index is -0.213.